The number of hydrogen-bond acceptors (Lipinski definition) is 7. The highest BCUT2D eigenvalue weighted by Gasteiger charge is 2.22. The summed E-state index contributed by atoms with van der Waals surface area (Å²) in [5.41, 5.74) is 2.68. The summed E-state index contributed by atoms with van der Waals surface area (Å²) in [7, 11) is -1.88. The maximum Gasteiger partial charge on any atom is 0.251 e. The first kappa shape index (κ1) is 27.7. The predicted octanol–water partition coefficient (Wildman–Crippen LogP) is 4.68. The van der Waals surface area contributed by atoms with Gasteiger partial charge in [0, 0.05) is 43.4 Å². The zero-order chi connectivity index (χ0) is 27.1. The second kappa shape index (κ2) is 12.5. The SMILES string of the molecule is CN=CC(C)CNC(=O)c1ccc(-c2nc(CS(=O)(=O)c3ccc(CN4CCCCC4)cc3)c(C)o2)cc1. The fourth-order valence-corrected chi connectivity index (χ4v) is 5.90. The first-order chi connectivity index (χ1) is 18.2. The molecule has 2 aromatic carbocycles. The van der Waals surface area contributed by atoms with Gasteiger partial charge in [0.2, 0.25) is 5.89 Å². The van der Waals surface area contributed by atoms with Crippen molar-refractivity contribution in [1.82, 2.24) is 15.2 Å². The minimum Gasteiger partial charge on any atom is -0.441 e. The van der Waals surface area contributed by atoms with Crippen LogP contribution in [0.4, 0.5) is 0 Å². The van der Waals surface area contributed by atoms with Crippen LogP contribution in [-0.2, 0) is 22.1 Å². The molecule has 1 unspecified atom stereocenters. The molecule has 202 valence electrons. The van der Waals surface area contributed by atoms with E-state index in [1.807, 2.05) is 19.1 Å². The first-order valence-corrected chi connectivity index (χ1v) is 14.7. The Morgan fingerprint density at radius 1 is 1.11 bits per heavy atom. The molecule has 0 aliphatic carbocycles. The van der Waals surface area contributed by atoms with Crippen LogP contribution in [0.5, 0.6) is 0 Å². The fraction of sp³-hybridized carbons (Fsp3) is 0.414. The van der Waals surface area contributed by atoms with Gasteiger partial charge < -0.3 is 14.7 Å². The van der Waals surface area contributed by atoms with E-state index in [1.54, 1.807) is 56.6 Å². The third-order valence-corrected chi connectivity index (χ3v) is 8.38. The van der Waals surface area contributed by atoms with E-state index in [2.05, 4.69) is 20.2 Å². The standard InChI is InChI=1S/C29H36N4O4S/c1-21(17-30-3)18-31-28(34)24-9-11-25(12-10-24)29-32-27(22(2)37-29)20-38(35,36)26-13-7-23(8-14-26)19-33-15-5-4-6-16-33/h7-14,17,21H,4-6,15-16,18-20H2,1-3H3,(H,31,34). The van der Waals surface area contributed by atoms with Gasteiger partial charge in [0.1, 0.15) is 11.5 Å². The topological polar surface area (TPSA) is 105 Å². The second-order valence-electron chi connectivity index (χ2n) is 9.93. The Morgan fingerprint density at radius 2 is 1.79 bits per heavy atom. The predicted molar refractivity (Wildman–Crippen MR) is 149 cm³/mol. The number of amides is 1. The largest absolute Gasteiger partial charge is 0.441 e. The van der Waals surface area contributed by atoms with Crippen LogP contribution < -0.4 is 5.32 Å². The van der Waals surface area contributed by atoms with Crippen LogP contribution in [0.1, 0.15) is 53.6 Å². The molecule has 8 nitrogen and oxygen atoms in total. The van der Waals surface area contributed by atoms with Crippen LogP contribution in [-0.4, -0.2) is 57.1 Å². The number of carbonyl (C=O) groups is 1. The lowest BCUT2D eigenvalue weighted by molar-refractivity contribution is 0.0951. The average molecular weight is 537 g/mol. The molecular formula is C29H36N4O4S. The van der Waals surface area contributed by atoms with Crippen molar-refractivity contribution in [2.45, 2.75) is 50.3 Å². The zero-order valence-electron chi connectivity index (χ0n) is 22.3. The summed E-state index contributed by atoms with van der Waals surface area (Å²) < 4.78 is 32.0. The van der Waals surface area contributed by atoms with Crippen LogP contribution in [0.2, 0.25) is 0 Å². The van der Waals surface area contributed by atoms with E-state index < -0.39 is 9.84 Å². The number of benzene rings is 2. The summed E-state index contributed by atoms with van der Waals surface area (Å²) in [6.45, 7) is 7.22. The van der Waals surface area contributed by atoms with E-state index in [1.165, 1.54) is 19.3 Å². The molecule has 9 heteroatoms. The van der Waals surface area contributed by atoms with Crippen LogP contribution in [0.25, 0.3) is 11.5 Å². The lowest BCUT2D eigenvalue weighted by atomic mass is 10.1. The molecule has 1 aliphatic rings. The van der Waals surface area contributed by atoms with Gasteiger partial charge in [0.15, 0.2) is 9.84 Å². The monoisotopic (exact) mass is 536 g/mol. The summed E-state index contributed by atoms with van der Waals surface area (Å²) in [4.78, 5) is 23.5. The molecule has 1 fully saturated rings. The van der Waals surface area contributed by atoms with E-state index in [9.17, 15) is 13.2 Å². The number of carbonyl (C=O) groups excluding carboxylic acids is 1. The molecule has 1 aromatic heterocycles. The van der Waals surface area contributed by atoms with Crippen molar-refractivity contribution in [3.63, 3.8) is 0 Å². The van der Waals surface area contributed by atoms with E-state index in [0.717, 1.165) is 25.2 Å². The molecule has 4 rings (SSSR count). The molecule has 0 spiro atoms. The number of likely N-dealkylation sites (tertiary alicyclic amines) is 1. The van der Waals surface area contributed by atoms with Gasteiger partial charge in [-0.25, -0.2) is 13.4 Å². The number of aliphatic imine (C=N–C) groups is 1. The van der Waals surface area contributed by atoms with Gasteiger partial charge >= 0.3 is 0 Å². The molecular weight excluding hydrogens is 500 g/mol. The van der Waals surface area contributed by atoms with Crippen LogP contribution in [0.15, 0.2) is 62.8 Å². The van der Waals surface area contributed by atoms with Gasteiger partial charge in [0.25, 0.3) is 5.91 Å². The molecule has 2 heterocycles. The lowest BCUT2D eigenvalue weighted by Gasteiger charge is -2.26. The Hall–Kier alpha value is -3.30. The molecule has 1 aliphatic heterocycles. The molecule has 0 saturated carbocycles. The fourth-order valence-electron chi connectivity index (χ4n) is 4.55. The number of aromatic nitrogens is 1. The van der Waals surface area contributed by atoms with Gasteiger partial charge in [0.05, 0.1) is 10.6 Å². The highest BCUT2D eigenvalue weighted by Crippen LogP contribution is 2.25. The Labute approximate surface area is 225 Å². The minimum absolute atomic E-state index is 0.144. The summed E-state index contributed by atoms with van der Waals surface area (Å²) >= 11 is 0. The van der Waals surface area contributed by atoms with E-state index in [-0.39, 0.29) is 22.5 Å². The molecule has 1 atom stereocenters. The summed E-state index contributed by atoms with van der Waals surface area (Å²) in [6, 6.07) is 14.1. The minimum atomic E-state index is -3.59. The average Bonchev–Trinajstić information content (AvgIpc) is 3.27. The van der Waals surface area contributed by atoms with Crippen molar-refractivity contribution in [2.75, 3.05) is 26.7 Å². The maximum atomic E-state index is 13.1. The van der Waals surface area contributed by atoms with Gasteiger partial charge in [-0.3, -0.25) is 9.69 Å². The number of aryl methyl sites for hydroxylation is 1. The molecule has 0 bridgehead atoms. The number of nitrogens with one attached hydrogen (secondary N) is 1. The van der Waals surface area contributed by atoms with Crippen molar-refractivity contribution in [3.8, 4) is 11.5 Å². The smallest absolute Gasteiger partial charge is 0.251 e. The first-order valence-electron chi connectivity index (χ1n) is 13.1. The maximum absolute atomic E-state index is 13.1. The summed E-state index contributed by atoms with van der Waals surface area (Å²) in [5, 5.41) is 2.88. The van der Waals surface area contributed by atoms with Gasteiger partial charge in [-0.15, -0.1) is 0 Å². The zero-order valence-corrected chi connectivity index (χ0v) is 23.1. The summed E-state index contributed by atoms with van der Waals surface area (Å²) in [5.74, 6) is 0.506. The van der Waals surface area contributed by atoms with Gasteiger partial charge in [-0.2, -0.15) is 0 Å². The molecule has 38 heavy (non-hydrogen) atoms. The quantitative estimate of drug-likeness (QED) is 0.378. The van der Waals surface area contributed by atoms with Crippen LogP contribution in [0.3, 0.4) is 0 Å². The van der Waals surface area contributed by atoms with Crippen LogP contribution >= 0.6 is 0 Å². The number of hydrogen-bond donors (Lipinski definition) is 1. The third kappa shape index (κ3) is 7.17. The van der Waals surface area contributed by atoms with Crippen LogP contribution in [0, 0.1) is 12.8 Å². The van der Waals surface area contributed by atoms with Crippen molar-refractivity contribution in [3.05, 3.63) is 71.1 Å². The van der Waals surface area contributed by atoms with E-state index in [4.69, 9.17) is 4.42 Å². The Balaban J connectivity index is 1.40. The van der Waals surface area contributed by atoms with Crippen molar-refractivity contribution < 1.29 is 17.6 Å². The van der Waals surface area contributed by atoms with Crippen molar-refractivity contribution in [2.24, 2.45) is 10.9 Å². The van der Waals surface area contributed by atoms with Gasteiger partial charge in [-0.1, -0.05) is 25.5 Å². The number of rotatable bonds is 10. The molecule has 3 aromatic rings. The van der Waals surface area contributed by atoms with Crippen molar-refractivity contribution >= 4 is 22.0 Å². The number of piperidine rings is 1. The van der Waals surface area contributed by atoms with Crippen molar-refractivity contribution in [1.29, 1.82) is 0 Å². The molecule has 1 amide bonds. The number of sulfone groups is 1. The summed E-state index contributed by atoms with van der Waals surface area (Å²) in [6.07, 6.45) is 5.52. The lowest BCUT2D eigenvalue weighted by Crippen LogP contribution is -2.29. The second-order valence-corrected chi connectivity index (χ2v) is 11.9. The Kier molecular flexibility index (Phi) is 9.12. The number of nitrogens with zero attached hydrogens (tertiary/aromatic N) is 3. The molecule has 1 N–H and O–H groups in total. The third-order valence-electron chi connectivity index (χ3n) is 6.74. The van der Waals surface area contributed by atoms with E-state index >= 15 is 0 Å². The van der Waals surface area contributed by atoms with E-state index in [0.29, 0.717) is 35.0 Å². The highest BCUT2D eigenvalue weighted by molar-refractivity contribution is 7.90. The Morgan fingerprint density at radius 3 is 2.45 bits per heavy atom. The molecule has 0 radical (unpaired) electrons. The number of oxazole rings is 1. The van der Waals surface area contributed by atoms with Gasteiger partial charge in [-0.05, 0) is 74.8 Å². The highest BCUT2D eigenvalue weighted by atomic mass is 32.2. The molecule has 1 saturated heterocycles. The normalized spacial score (nSPS) is 15.6. The Bertz CT molecular complexity index is 1360.